The van der Waals surface area contributed by atoms with Gasteiger partial charge < -0.3 is 9.30 Å². The van der Waals surface area contributed by atoms with E-state index in [4.69, 9.17) is 4.74 Å². The Bertz CT molecular complexity index is 1010. The largest absolute Gasteiger partial charge is 0.383 e. The molecular formula is C19H24N4O2S. The highest BCUT2D eigenvalue weighted by molar-refractivity contribution is 7.16. The van der Waals surface area contributed by atoms with Gasteiger partial charge in [0.25, 0.3) is 5.91 Å². The fourth-order valence-corrected chi connectivity index (χ4v) is 3.98. The normalized spacial score (nSPS) is 12.5. The minimum atomic E-state index is -0.276. The summed E-state index contributed by atoms with van der Waals surface area (Å²) in [5.74, 6) is -0.276. The SMILES string of the molecule is COCCn1c(=NC(=O)c2ccnn2C(C)C)sc2cc(C)c(C)cc21. The van der Waals surface area contributed by atoms with Crippen molar-refractivity contribution >= 4 is 27.5 Å². The number of fused-ring (bicyclic) bond motifs is 1. The number of carbonyl (C=O) groups is 1. The second-order valence-corrected chi connectivity index (χ2v) is 7.61. The van der Waals surface area contributed by atoms with Crippen molar-refractivity contribution in [1.82, 2.24) is 14.3 Å². The van der Waals surface area contributed by atoms with E-state index in [1.54, 1.807) is 24.1 Å². The smallest absolute Gasteiger partial charge is 0.297 e. The second kappa shape index (κ2) is 7.55. The molecule has 1 amide bonds. The van der Waals surface area contributed by atoms with Gasteiger partial charge in [-0.25, -0.2) is 0 Å². The van der Waals surface area contributed by atoms with Crippen LogP contribution in [0, 0.1) is 13.8 Å². The van der Waals surface area contributed by atoms with Crippen LogP contribution in [0.4, 0.5) is 0 Å². The van der Waals surface area contributed by atoms with Crippen LogP contribution in [0.3, 0.4) is 0 Å². The highest BCUT2D eigenvalue weighted by Gasteiger charge is 2.15. The Morgan fingerprint density at radius 2 is 2.04 bits per heavy atom. The van der Waals surface area contributed by atoms with E-state index in [0.717, 1.165) is 10.2 Å². The molecule has 0 unspecified atom stereocenters. The molecule has 2 heterocycles. The molecule has 7 heteroatoms. The molecule has 0 spiro atoms. The molecule has 0 N–H and O–H groups in total. The van der Waals surface area contributed by atoms with Gasteiger partial charge in [0.2, 0.25) is 0 Å². The number of amides is 1. The third-order valence-electron chi connectivity index (χ3n) is 4.39. The molecule has 0 saturated carbocycles. The van der Waals surface area contributed by atoms with Crippen LogP contribution in [0.1, 0.15) is 41.5 Å². The van der Waals surface area contributed by atoms with E-state index in [0.29, 0.717) is 23.6 Å². The third kappa shape index (κ3) is 3.50. The van der Waals surface area contributed by atoms with E-state index in [1.807, 2.05) is 13.8 Å². The number of benzene rings is 1. The molecule has 1 aromatic carbocycles. The van der Waals surface area contributed by atoms with E-state index in [9.17, 15) is 4.79 Å². The molecule has 3 rings (SSSR count). The van der Waals surface area contributed by atoms with Gasteiger partial charge in [0.15, 0.2) is 4.80 Å². The van der Waals surface area contributed by atoms with Crippen molar-refractivity contribution < 1.29 is 9.53 Å². The van der Waals surface area contributed by atoms with Crippen LogP contribution >= 0.6 is 11.3 Å². The zero-order valence-electron chi connectivity index (χ0n) is 15.8. The molecule has 6 nitrogen and oxygen atoms in total. The Balaban J connectivity index is 2.14. The number of carbonyl (C=O) groups excluding carboxylic acids is 1. The molecular weight excluding hydrogens is 348 g/mol. The van der Waals surface area contributed by atoms with Gasteiger partial charge in [0.1, 0.15) is 5.69 Å². The maximum Gasteiger partial charge on any atom is 0.297 e. The molecule has 0 saturated heterocycles. The van der Waals surface area contributed by atoms with Gasteiger partial charge >= 0.3 is 0 Å². The Labute approximate surface area is 156 Å². The number of aryl methyl sites for hydroxylation is 2. The van der Waals surface area contributed by atoms with E-state index >= 15 is 0 Å². The Morgan fingerprint density at radius 1 is 1.31 bits per heavy atom. The van der Waals surface area contributed by atoms with E-state index in [-0.39, 0.29) is 11.9 Å². The summed E-state index contributed by atoms with van der Waals surface area (Å²) in [6.07, 6.45) is 1.64. The molecule has 0 aliphatic heterocycles. The summed E-state index contributed by atoms with van der Waals surface area (Å²) in [7, 11) is 1.67. The maximum atomic E-state index is 12.8. The predicted molar refractivity (Wildman–Crippen MR) is 104 cm³/mol. The van der Waals surface area contributed by atoms with Gasteiger partial charge in [-0.3, -0.25) is 9.48 Å². The lowest BCUT2D eigenvalue weighted by molar-refractivity contribution is 0.0985. The van der Waals surface area contributed by atoms with Crippen LogP contribution in [-0.2, 0) is 11.3 Å². The maximum absolute atomic E-state index is 12.8. The van der Waals surface area contributed by atoms with Crippen LogP contribution in [-0.4, -0.2) is 34.0 Å². The summed E-state index contributed by atoms with van der Waals surface area (Å²) in [5, 5.41) is 4.23. The van der Waals surface area contributed by atoms with E-state index in [1.165, 1.54) is 22.5 Å². The van der Waals surface area contributed by atoms with Crippen molar-refractivity contribution in [1.29, 1.82) is 0 Å². The van der Waals surface area contributed by atoms with Gasteiger partial charge in [-0.2, -0.15) is 10.1 Å². The van der Waals surface area contributed by atoms with Crippen LogP contribution in [0.25, 0.3) is 10.2 Å². The fourth-order valence-electron chi connectivity index (χ4n) is 2.84. The first-order valence-corrected chi connectivity index (χ1v) is 9.46. The van der Waals surface area contributed by atoms with Gasteiger partial charge in [0.05, 0.1) is 16.8 Å². The van der Waals surface area contributed by atoms with Crippen molar-refractivity contribution in [2.24, 2.45) is 4.99 Å². The molecule has 0 radical (unpaired) electrons. The Morgan fingerprint density at radius 3 is 2.73 bits per heavy atom. The number of thiazole rings is 1. The van der Waals surface area contributed by atoms with Gasteiger partial charge in [-0.05, 0) is 57.0 Å². The molecule has 0 fully saturated rings. The Kier molecular flexibility index (Phi) is 5.38. The standard InChI is InChI=1S/C19H24N4O2S/c1-12(2)23-15(6-7-20-23)18(24)21-19-22(8-9-25-5)16-10-13(3)14(4)11-17(16)26-19/h6-7,10-12H,8-9H2,1-5H3. The fraction of sp³-hybridized carbons (Fsp3) is 0.421. The van der Waals surface area contributed by atoms with Gasteiger partial charge in [-0.1, -0.05) is 11.3 Å². The minimum absolute atomic E-state index is 0.104. The van der Waals surface area contributed by atoms with Crippen molar-refractivity contribution in [2.75, 3.05) is 13.7 Å². The average Bonchev–Trinajstić information content (AvgIpc) is 3.19. The first-order valence-electron chi connectivity index (χ1n) is 8.64. The number of hydrogen-bond acceptors (Lipinski definition) is 4. The molecule has 3 aromatic rings. The van der Waals surface area contributed by atoms with Crippen molar-refractivity contribution in [3.63, 3.8) is 0 Å². The second-order valence-electron chi connectivity index (χ2n) is 6.60. The monoisotopic (exact) mass is 372 g/mol. The molecule has 26 heavy (non-hydrogen) atoms. The highest BCUT2D eigenvalue weighted by Crippen LogP contribution is 2.22. The summed E-state index contributed by atoms with van der Waals surface area (Å²) in [6, 6.07) is 6.12. The summed E-state index contributed by atoms with van der Waals surface area (Å²) < 4.78 is 10.1. The van der Waals surface area contributed by atoms with Crippen LogP contribution in [0.5, 0.6) is 0 Å². The molecule has 138 valence electrons. The van der Waals surface area contributed by atoms with Crippen LogP contribution in [0.15, 0.2) is 29.4 Å². The predicted octanol–water partition coefficient (Wildman–Crippen LogP) is 3.48. The van der Waals surface area contributed by atoms with Gasteiger partial charge in [0, 0.05) is 25.9 Å². The third-order valence-corrected chi connectivity index (χ3v) is 5.43. The average molecular weight is 372 g/mol. The van der Waals surface area contributed by atoms with Crippen molar-refractivity contribution in [2.45, 2.75) is 40.3 Å². The lowest BCUT2D eigenvalue weighted by atomic mass is 10.1. The lowest BCUT2D eigenvalue weighted by Gasteiger charge is -2.08. The first-order chi connectivity index (χ1) is 12.4. The summed E-state index contributed by atoms with van der Waals surface area (Å²) >= 11 is 1.53. The highest BCUT2D eigenvalue weighted by atomic mass is 32.1. The number of methoxy groups -OCH3 is 1. The molecule has 0 aliphatic carbocycles. The number of hydrogen-bond donors (Lipinski definition) is 0. The topological polar surface area (TPSA) is 61.4 Å². The zero-order chi connectivity index (χ0) is 18.8. The van der Waals surface area contributed by atoms with Crippen LogP contribution < -0.4 is 4.80 Å². The quantitative estimate of drug-likeness (QED) is 0.689. The lowest BCUT2D eigenvalue weighted by Crippen LogP contribution is -2.20. The van der Waals surface area contributed by atoms with E-state index < -0.39 is 0 Å². The summed E-state index contributed by atoms with van der Waals surface area (Å²) in [4.78, 5) is 17.9. The van der Waals surface area contributed by atoms with Gasteiger partial charge in [-0.15, -0.1) is 0 Å². The molecule has 0 bridgehead atoms. The Hall–Kier alpha value is -2.25. The zero-order valence-corrected chi connectivity index (χ0v) is 16.6. The molecule has 0 aliphatic rings. The number of nitrogens with zero attached hydrogens (tertiary/aromatic N) is 4. The minimum Gasteiger partial charge on any atom is -0.383 e. The van der Waals surface area contributed by atoms with Crippen molar-refractivity contribution in [3.05, 3.63) is 46.0 Å². The molecule has 0 atom stereocenters. The number of aromatic nitrogens is 3. The van der Waals surface area contributed by atoms with E-state index in [2.05, 4.69) is 40.6 Å². The molecule has 2 aromatic heterocycles. The summed E-state index contributed by atoms with van der Waals surface area (Å²) in [6.45, 7) is 9.38. The number of rotatable bonds is 5. The van der Waals surface area contributed by atoms with Crippen molar-refractivity contribution in [3.8, 4) is 0 Å². The first kappa shape index (κ1) is 18.5. The van der Waals surface area contributed by atoms with Crippen LogP contribution in [0.2, 0.25) is 0 Å². The summed E-state index contributed by atoms with van der Waals surface area (Å²) in [5.41, 5.74) is 4.04. The number of ether oxygens (including phenoxy) is 1.